The van der Waals surface area contributed by atoms with Gasteiger partial charge in [0.05, 0.1) is 31.1 Å². The molecule has 0 spiro atoms. The molecule has 0 aliphatic carbocycles. The summed E-state index contributed by atoms with van der Waals surface area (Å²) < 4.78 is 34.9. The van der Waals surface area contributed by atoms with E-state index in [1.807, 2.05) is 11.0 Å². The van der Waals surface area contributed by atoms with Crippen molar-refractivity contribution in [1.29, 1.82) is 0 Å². The quantitative estimate of drug-likeness (QED) is 0.584. The average molecular weight is 556 g/mol. The van der Waals surface area contributed by atoms with Crippen molar-refractivity contribution in [3.05, 3.63) is 58.9 Å². The van der Waals surface area contributed by atoms with Crippen molar-refractivity contribution in [1.82, 2.24) is 20.1 Å². The van der Waals surface area contributed by atoms with Crippen LogP contribution in [0.5, 0.6) is 0 Å². The number of carbonyl (C=O) groups is 1. The van der Waals surface area contributed by atoms with Crippen molar-refractivity contribution in [2.45, 2.75) is 77.0 Å². The predicted octanol–water partition coefficient (Wildman–Crippen LogP) is 3.91. The van der Waals surface area contributed by atoms with E-state index in [1.165, 1.54) is 18.2 Å². The smallest absolute Gasteiger partial charge is 0.241 e. The Bertz CT molecular complexity index is 1210. The van der Waals surface area contributed by atoms with Crippen molar-refractivity contribution in [3.63, 3.8) is 0 Å². The molecule has 4 heterocycles. The van der Waals surface area contributed by atoms with Gasteiger partial charge >= 0.3 is 0 Å². The molecule has 3 aliphatic rings. The van der Waals surface area contributed by atoms with Gasteiger partial charge in [-0.15, -0.1) is 0 Å². The molecule has 5 rings (SSSR count). The van der Waals surface area contributed by atoms with Crippen LogP contribution in [0.1, 0.15) is 64.3 Å². The molecule has 3 aliphatic heterocycles. The number of pyridine rings is 1. The van der Waals surface area contributed by atoms with Crippen LogP contribution in [-0.4, -0.2) is 90.8 Å². The van der Waals surface area contributed by atoms with E-state index in [2.05, 4.69) is 49.7 Å². The summed E-state index contributed by atoms with van der Waals surface area (Å²) in [6, 6.07) is 6.98. The molecule has 0 radical (unpaired) electrons. The largest absolute Gasteiger partial charge is 0.378 e. The van der Waals surface area contributed by atoms with Crippen molar-refractivity contribution < 1.29 is 18.3 Å². The Morgan fingerprint density at radius 3 is 2.52 bits per heavy atom. The van der Waals surface area contributed by atoms with Crippen LogP contribution in [0.4, 0.5) is 14.5 Å². The molecule has 40 heavy (non-hydrogen) atoms. The number of amides is 1. The van der Waals surface area contributed by atoms with Gasteiger partial charge in [0.15, 0.2) is 0 Å². The Kier molecular flexibility index (Phi) is 8.30. The number of hydrogen-bond acceptors (Lipinski definition) is 6. The zero-order valence-corrected chi connectivity index (χ0v) is 24.6. The van der Waals surface area contributed by atoms with Crippen molar-refractivity contribution in [2.24, 2.45) is 0 Å². The fourth-order valence-corrected chi connectivity index (χ4v) is 6.60. The van der Waals surface area contributed by atoms with E-state index in [0.717, 1.165) is 44.2 Å². The third-order valence-corrected chi connectivity index (χ3v) is 8.94. The topological polar surface area (TPSA) is 60.9 Å². The van der Waals surface area contributed by atoms with Gasteiger partial charge < -0.3 is 15.0 Å². The van der Waals surface area contributed by atoms with E-state index in [4.69, 9.17) is 9.72 Å². The number of benzene rings is 1. The van der Waals surface area contributed by atoms with Crippen LogP contribution in [-0.2, 0) is 14.9 Å². The molecule has 7 nitrogen and oxygen atoms in total. The first-order valence-electron chi connectivity index (χ1n) is 14.5. The van der Waals surface area contributed by atoms with Crippen molar-refractivity contribution in [3.8, 4) is 0 Å². The molecular weight excluding hydrogens is 512 g/mol. The van der Waals surface area contributed by atoms with Gasteiger partial charge in [0.2, 0.25) is 5.91 Å². The van der Waals surface area contributed by atoms with Crippen LogP contribution in [0.15, 0.2) is 30.5 Å². The highest BCUT2D eigenvalue weighted by molar-refractivity contribution is 5.97. The maximum Gasteiger partial charge on any atom is 0.241 e. The van der Waals surface area contributed by atoms with E-state index in [0.29, 0.717) is 30.7 Å². The highest BCUT2D eigenvalue weighted by Crippen LogP contribution is 2.41. The van der Waals surface area contributed by atoms with E-state index in [9.17, 15) is 13.6 Å². The van der Waals surface area contributed by atoms with E-state index >= 15 is 0 Å². The Morgan fingerprint density at radius 2 is 1.85 bits per heavy atom. The lowest BCUT2D eigenvalue weighted by atomic mass is 9.89. The molecule has 2 fully saturated rings. The number of halogens is 2. The number of fused-ring (bicyclic) bond motifs is 1. The maximum atomic E-state index is 14.6. The van der Waals surface area contributed by atoms with E-state index in [1.54, 1.807) is 13.1 Å². The normalized spacial score (nSPS) is 27.9. The monoisotopic (exact) mass is 555 g/mol. The molecule has 1 amide bonds. The van der Waals surface area contributed by atoms with Crippen LogP contribution in [0.25, 0.3) is 0 Å². The second-order valence-corrected chi connectivity index (χ2v) is 12.7. The summed E-state index contributed by atoms with van der Waals surface area (Å²) in [5, 5.41) is 3.60. The summed E-state index contributed by atoms with van der Waals surface area (Å²) >= 11 is 0. The lowest BCUT2D eigenvalue weighted by molar-refractivity contribution is -0.121. The first-order chi connectivity index (χ1) is 19.0. The molecule has 218 valence electrons. The second kappa shape index (κ2) is 11.4. The van der Waals surface area contributed by atoms with Crippen LogP contribution >= 0.6 is 0 Å². The van der Waals surface area contributed by atoms with E-state index < -0.39 is 17.6 Å². The molecule has 0 bridgehead atoms. The Labute approximate surface area is 236 Å². The zero-order valence-electron chi connectivity index (χ0n) is 24.6. The number of nitrogens with one attached hydrogen (secondary N) is 1. The summed E-state index contributed by atoms with van der Waals surface area (Å²) in [5.74, 6) is -1.68. The van der Waals surface area contributed by atoms with Gasteiger partial charge in [0.25, 0.3) is 0 Å². The standard InChI is InChI=1S/C31H43F2N5O2/c1-19-13-36(24(12-34-19)14-37-20(2)16-40-17-21(37)3)15-28(39)38-18-31(5,6)30-27(38)10-23(11-35-30)22(4)29-25(32)8-7-9-26(29)33/h7-11,19-22,24,34H,12-18H2,1-6H3/t19-,20-,21-,22?,24-/m1/s1. The predicted molar refractivity (Wildman–Crippen MR) is 153 cm³/mol. The molecule has 1 aromatic heterocycles. The van der Waals surface area contributed by atoms with Gasteiger partial charge in [0.1, 0.15) is 11.6 Å². The van der Waals surface area contributed by atoms with Crippen LogP contribution in [0, 0.1) is 11.6 Å². The van der Waals surface area contributed by atoms with E-state index in [-0.39, 0.29) is 29.0 Å². The fourth-order valence-electron chi connectivity index (χ4n) is 6.60. The molecule has 1 N–H and O–H groups in total. The number of hydrogen-bond donors (Lipinski definition) is 1. The van der Waals surface area contributed by atoms with Crippen LogP contribution < -0.4 is 10.2 Å². The minimum absolute atomic E-state index is 0.0172. The van der Waals surface area contributed by atoms with Crippen LogP contribution in [0.2, 0.25) is 0 Å². The Morgan fingerprint density at radius 1 is 1.18 bits per heavy atom. The summed E-state index contributed by atoms with van der Waals surface area (Å²) in [7, 11) is 0. The van der Waals surface area contributed by atoms with Gasteiger partial charge in [-0.1, -0.05) is 26.8 Å². The zero-order chi connectivity index (χ0) is 28.8. The number of rotatable bonds is 6. The van der Waals surface area contributed by atoms with Gasteiger partial charge in [-0.2, -0.15) is 0 Å². The highest BCUT2D eigenvalue weighted by atomic mass is 19.1. The lowest BCUT2D eigenvalue weighted by Crippen LogP contribution is -2.63. The van der Waals surface area contributed by atoms with Gasteiger partial charge in [0, 0.05) is 73.4 Å². The number of piperazine rings is 1. The maximum absolute atomic E-state index is 14.6. The van der Waals surface area contributed by atoms with Gasteiger partial charge in [-0.25, -0.2) is 8.78 Å². The second-order valence-electron chi connectivity index (χ2n) is 12.7. The number of nitrogens with zero attached hydrogens (tertiary/aromatic N) is 4. The van der Waals surface area contributed by atoms with Gasteiger partial charge in [-0.3, -0.25) is 19.6 Å². The first-order valence-corrected chi connectivity index (χ1v) is 14.5. The minimum Gasteiger partial charge on any atom is -0.378 e. The minimum atomic E-state index is -0.580. The highest BCUT2D eigenvalue weighted by Gasteiger charge is 2.41. The van der Waals surface area contributed by atoms with Crippen molar-refractivity contribution in [2.75, 3.05) is 50.8 Å². The molecule has 5 atom stereocenters. The molecule has 2 saturated heterocycles. The Balaban J connectivity index is 1.38. The van der Waals surface area contributed by atoms with Crippen molar-refractivity contribution >= 4 is 11.6 Å². The average Bonchev–Trinajstić information content (AvgIpc) is 3.17. The molecule has 0 saturated carbocycles. The number of ether oxygens (including phenoxy) is 1. The SMILES string of the molecule is CC(c1cnc2c(c1)N(C(=O)CN1C[C@@H](C)NC[C@@H]1CN1[C@H](C)COC[C@H]1C)CC2(C)C)c1c(F)cccc1F. The Hall–Kier alpha value is -2.46. The molecule has 1 unspecified atom stereocenters. The summed E-state index contributed by atoms with van der Waals surface area (Å²) in [4.78, 5) is 25.4. The summed E-state index contributed by atoms with van der Waals surface area (Å²) in [5.41, 5.74) is 1.95. The third kappa shape index (κ3) is 5.66. The molecule has 9 heteroatoms. The number of anilines is 1. The number of aromatic nitrogens is 1. The summed E-state index contributed by atoms with van der Waals surface area (Å²) in [6.07, 6.45) is 1.70. The first kappa shape index (κ1) is 29.0. The lowest BCUT2D eigenvalue weighted by Gasteiger charge is -2.46. The summed E-state index contributed by atoms with van der Waals surface area (Å²) in [6.45, 7) is 17.3. The molecular formula is C31H43F2N5O2. The number of carbonyl (C=O) groups excluding carboxylic acids is 1. The molecule has 1 aromatic carbocycles. The fraction of sp³-hybridized carbons (Fsp3) is 0.613. The molecule has 2 aromatic rings. The third-order valence-electron chi connectivity index (χ3n) is 8.94. The van der Waals surface area contributed by atoms with Crippen LogP contribution in [0.3, 0.4) is 0 Å². The van der Waals surface area contributed by atoms with Gasteiger partial charge in [-0.05, 0) is 44.5 Å². The number of morpholine rings is 1.